The van der Waals surface area contributed by atoms with Crippen LogP contribution in [0.25, 0.3) is 15.9 Å². The van der Waals surface area contributed by atoms with Crippen molar-refractivity contribution in [2.45, 2.75) is 25.9 Å². The van der Waals surface area contributed by atoms with Crippen LogP contribution in [0.5, 0.6) is 0 Å². The number of aromatic nitrogens is 2. The fourth-order valence-electron chi connectivity index (χ4n) is 3.29. The summed E-state index contributed by atoms with van der Waals surface area (Å²) in [5.41, 5.74) is 4.13. The Kier molecular flexibility index (Phi) is 5.93. The maximum absolute atomic E-state index is 13.7. The van der Waals surface area contributed by atoms with Gasteiger partial charge in [-0.15, -0.1) is 11.3 Å². The van der Waals surface area contributed by atoms with E-state index in [1.165, 1.54) is 29.2 Å². The van der Waals surface area contributed by atoms with E-state index in [0.29, 0.717) is 32.3 Å². The van der Waals surface area contributed by atoms with E-state index in [9.17, 15) is 14.0 Å². The fraction of sp³-hybridized carbons (Fsp3) is 0.174. The molecule has 31 heavy (non-hydrogen) atoms. The monoisotopic (exact) mass is 453 g/mol. The lowest BCUT2D eigenvalue weighted by Gasteiger charge is -2.13. The van der Waals surface area contributed by atoms with Crippen LogP contribution in [-0.4, -0.2) is 21.2 Å². The van der Waals surface area contributed by atoms with Crippen molar-refractivity contribution in [2.24, 2.45) is 0 Å². The number of hydrogen-bond donors (Lipinski definition) is 1. The molecule has 0 atom stereocenters. The zero-order valence-electron chi connectivity index (χ0n) is 17.2. The Morgan fingerprint density at radius 2 is 1.87 bits per heavy atom. The summed E-state index contributed by atoms with van der Waals surface area (Å²) >= 11 is 2.52. The van der Waals surface area contributed by atoms with Crippen LogP contribution in [0.1, 0.15) is 16.7 Å². The van der Waals surface area contributed by atoms with Crippen molar-refractivity contribution in [1.29, 1.82) is 0 Å². The molecular weight excluding hydrogens is 433 g/mol. The number of thioether (sulfide) groups is 1. The zero-order chi connectivity index (χ0) is 22.1. The van der Waals surface area contributed by atoms with Gasteiger partial charge in [0.25, 0.3) is 5.56 Å². The average Bonchev–Trinajstić information content (AvgIpc) is 3.17. The first-order chi connectivity index (χ1) is 14.8. The van der Waals surface area contributed by atoms with Crippen LogP contribution in [0.3, 0.4) is 0 Å². The van der Waals surface area contributed by atoms with Crippen molar-refractivity contribution in [3.63, 3.8) is 0 Å². The van der Waals surface area contributed by atoms with Gasteiger partial charge in [-0.1, -0.05) is 23.9 Å². The van der Waals surface area contributed by atoms with Crippen LogP contribution in [0.4, 0.5) is 10.1 Å². The molecule has 4 aromatic rings. The van der Waals surface area contributed by atoms with Crippen LogP contribution in [-0.2, 0) is 4.79 Å². The number of carbonyl (C=O) groups excluding carboxylic acids is 1. The maximum atomic E-state index is 13.7. The Bertz CT molecular complexity index is 1340. The third-order valence-corrected chi connectivity index (χ3v) is 6.53. The predicted octanol–water partition coefficient (Wildman–Crippen LogP) is 5.24. The summed E-state index contributed by atoms with van der Waals surface area (Å²) in [6.07, 6.45) is 0. The van der Waals surface area contributed by atoms with Crippen molar-refractivity contribution in [3.8, 4) is 5.69 Å². The molecule has 1 amide bonds. The minimum absolute atomic E-state index is 0.0301. The van der Waals surface area contributed by atoms with Gasteiger partial charge in [-0.05, 0) is 73.2 Å². The normalized spacial score (nSPS) is 11.1. The number of halogens is 1. The molecule has 0 fully saturated rings. The fourth-order valence-corrected chi connectivity index (χ4v) is 4.87. The number of carbonyl (C=O) groups is 1. The highest BCUT2D eigenvalue weighted by atomic mass is 32.2. The summed E-state index contributed by atoms with van der Waals surface area (Å²) < 4.78 is 15.9. The second kappa shape index (κ2) is 8.64. The molecule has 0 aliphatic heterocycles. The number of hydrogen-bond acceptors (Lipinski definition) is 5. The number of amides is 1. The molecule has 0 aliphatic carbocycles. The van der Waals surface area contributed by atoms with Crippen LogP contribution in [0.2, 0.25) is 0 Å². The summed E-state index contributed by atoms with van der Waals surface area (Å²) in [7, 11) is 0. The third-order valence-electron chi connectivity index (χ3n) is 4.70. The van der Waals surface area contributed by atoms with Gasteiger partial charge >= 0.3 is 0 Å². The molecule has 5 nitrogen and oxygen atoms in total. The number of benzene rings is 2. The number of rotatable bonds is 5. The number of thiophene rings is 1. The number of anilines is 1. The van der Waals surface area contributed by atoms with Gasteiger partial charge in [0, 0.05) is 5.69 Å². The van der Waals surface area contributed by atoms with Gasteiger partial charge in [0.1, 0.15) is 10.5 Å². The largest absolute Gasteiger partial charge is 0.325 e. The summed E-state index contributed by atoms with van der Waals surface area (Å²) in [4.78, 5) is 30.3. The zero-order valence-corrected chi connectivity index (χ0v) is 18.9. The number of nitrogens with zero attached hydrogens (tertiary/aromatic N) is 2. The minimum Gasteiger partial charge on any atom is -0.325 e. The van der Waals surface area contributed by atoms with Gasteiger partial charge in [0.15, 0.2) is 5.16 Å². The van der Waals surface area contributed by atoms with Gasteiger partial charge in [0.2, 0.25) is 5.91 Å². The van der Waals surface area contributed by atoms with E-state index in [0.717, 1.165) is 11.1 Å². The highest BCUT2D eigenvalue weighted by molar-refractivity contribution is 7.99. The first-order valence-corrected chi connectivity index (χ1v) is 11.5. The quantitative estimate of drug-likeness (QED) is 0.331. The van der Waals surface area contributed by atoms with E-state index < -0.39 is 0 Å². The first kappa shape index (κ1) is 21.3. The maximum Gasteiger partial charge on any atom is 0.276 e. The topological polar surface area (TPSA) is 64.0 Å². The Balaban J connectivity index is 1.65. The lowest BCUT2D eigenvalue weighted by molar-refractivity contribution is -0.113. The standard InChI is InChI=1S/C23H20FN3O2S2/c1-13-8-14(2)10-17(9-13)27-22(29)21-19(6-7-30-21)26-23(27)31-12-20(28)25-16-5-4-15(3)18(24)11-16/h4-11H,12H2,1-3H3,(H,25,28). The van der Waals surface area contributed by atoms with Gasteiger partial charge < -0.3 is 5.32 Å². The molecule has 1 N–H and O–H groups in total. The Labute approximate surface area is 187 Å². The minimum atomic E-state index is -0.376. The van der Waals surface area contributed by atoms with Crippen LogP contribution >= 0.6 is 23.1 Å². The number of fused-ring (bicyclic) bond motifs is 1. The third kappa shape index (κ3) is 4.55. The smallest absolute Gasteiger partial charge is 0.276 e. The average molecular weight is 454 g/mol. The van der Waals surface area contributed by atoms with E-state index in [1.54, 1.807) is 29.7 Å². The van der Waals surface area contributed by atoms with Gasteiger partial charge in [0.05, 0.1) is 17.0 Å². The molecule has 2 aromatic carbocycles. The molecule has 2 heterocycles. The summed E-state index contributed by atoms with van der Waals surface area (Å²) in [6.45, 7) is 5.61. The second-order valence-corrected chi connectivity index (χ2v) is 9.18. The Morgan fingerprint density at radius 1 is 1.13 bits per heavy atom. The molecular formula is C23H20FN3O2S2. The molecule has 4 rings (SSSR count). The molecule has 2 aromatic heterocycles. The molecule has 0 spiro atoms. The Hall–Kier alpha value is -2.97. The molecule has 0 aliphatic rings. The molecule has 158 valence electrons. The van der Waals surface area contributed by atoms with E-state index in [2.05, 4.69) is 10.3 Å². The summed E-state index contributed by atoms with van der Waals surface area (Å²) in [6, 6.07) is 12.2. The molecule has 0 saturated carbocycles. The van der Waals surface area contributed by atoms with Crippen molar-refractivity contribution in [2.75, 3.05) is 11.1 Å². The highest BCUT2D eigenvalue weighted by Gasteiger charge is 2.16. The van der Waals surface area contributed by atoms with Gasteiger partial charge in [-0.25, -0.2) is 9.37 Å². The summed E-state index contributed by atoms with van der Waals surface area (Å²) in [5.74, 6) is -0.652. The van der Waals surface area contributed by atoms with Crippen molar-refractivity contribution in [1.82, 2.24) is 9.55 Å². The molecule has 8 heteroatoms. The van der Waals surface area contributed by atoms with Crippen LogP contribution in [0, 0.1) is 26.6 Å². The molecule has 0 bridgehead atoms. The first-order valence-electron chi connectivity index (χ1n) is 9.59. The number of aryl methyl sites for hydroxylation is 3. The van der Waals surface area contributed by atoms with E-state index in [1.807, 2.05) is 37.4 Å². The van der Waals surface area contributed by atoms with Crippen LogP contribution < -0.4 is 10.9 Å². The van der Waals surface area contributed by atoms with E-state index >= 15 is 0 Å². The predicted molar refractivity (Wildman–Crippen MR) is 125 cm³/mol. The summed E-state index contributed by atoms with van der Waals surface area (Å²) in [5, 5.41) is 4.96. The van der Waals surface area contributed by atoms with E-state index in [4.69, 9.17) is 0 Å². The van der Waals surface area contributed by atoms with Crippen molar-refractivity contribution >= 4 is 44.9 Å². The van der Waals surface area contributed by atoms with Crippen molar-refractivity contribution in [3.05, 3.63) is 80.7 Å². The highest BCUT2D eigenvalue weighted by Crippen LogP contribution is 2.25. The number of nitrogens with one attached hydrogen (secondary N) is 1. The SMILES string of the molecule is Cc1cc(C)cc(-n2c(SCC(=O)Nc3ccc(C)c(F)c3)nc3ccsc3c2=O)c1. The van der Waals surface area contributed by atoms with Crippen LogP contribution in [0.15, 0.2) is 57.8 Å². The van der Waals surface area contributed by atoms with Gasteiger partial charge in [-0.3, -0.25) is 14.2 Å². The van der Waals surface area contributed by atoms with Gasteiger partial charge in [-0.2, -0.15) is 0 Å². The lowest BCUT2D eigenvalue weighted by atomic mass is 10.1. The molecule has 0 saturated heterocycles. The molecule has 0 radical (unpaired) electrons. The second-order valence-electron chi connectivity index (χ2n) is 7.32. The lowest BCUT2D eigenvalue weighted by Crippen LogP contribution is -2.22. The Morgan fingerprint density at radius 3 is 2.58 bits per heavy atom. The van der Waals surface area contributed by atoms with Crippen molar-refractivity contribution < 1.29 is 9.18 Å². The molecule has 0 unspecified atom stereocenters. The van der Waals surface area contributed by atoms with E-state index in [-0.39, 0.29) is 23.0 Å².